The Bertz CT molecular complexity index is 544. The highest BCUT2D eigenvalue weighted by Crippen LogP contribution is 2.33. The summed E-state index contributed by atoms with van der Waals surface area (Å²) in [6, 6.07) is 2.68. The lowest BCUT2D eigenvalue weighted by atomic mass is 10.1. The molecule has 0 spiro atoms. The number of hydrogen-bond donors (Lipinski definition) is 2. The van der Waals surface area contributed by atoms with Crippen LogP contribution >= 0.6 is 11.6 Å². The summed E-state index contributed by atoms with van der Waals surface area (Å²) in [6.07, 6.45) is 3.41. The normalized spacial score (nSPS) is 13.9. The number of halogens is 1. The Morgan fingerprint density at radius 3 is 2.75 bits per heavy atom. The van der Waals surface area contributed by atoms with Crippen LogP contribution in [0.1, 0.15) is 29.6 Å². The van der Waals surface area contributed by atoms with Crippen molar-refractivity contribution in [3.8, 4) is 0 Å². The smallest absolute Gasteiger partial charge is 0.294 e. The number of nitro groups is 1. The first-order valence-corrected chi connectivity index (χ1v) is 6.84. The summed E-state index contributed by atoms with van der Waals surface area (Å²) in [5.74, 6) is 0.387. The molecule has 0 aromatic heterocycles. The summed E-state index contributed by atoms with van der Waals surface area (Å²) in [7, 11) is 1.55. The molecule has 2 N–H and O–H groups in total. The molecule has 1 aliphatic rings. The Labute approximate surface area is 121 Å². The van der Waals surface area contributed by atoms with Crippen LogP contribution in [0.5, 0.6) is 0 Å². The summed E-state index contributed by atoms with van der Waals surface area (Å²) in [5, 5.41) is 16.6. The van der Waals surface area contributed by atoms with Gasteiger partial charge in [0, 0.05) is 25.2 Å². The molecule has 0 bridgehead atoms. The third-order valence-electron chi connectivity index (χ3n) is 3.31. The molecule has 1 amide bonds. The van der Waals surface area contributed by atoms with Crippen LogP contribution in [-0.2, 0) is 0 Å². The fourth-order valence-corrected chi connectivity index (χ4v) is 2.32. The Hall–Kier alpha value is -1.82. The minimum Gasteiger partial charge on any atom is -0.381 e. The van der Waals surface area contributed by atoms with Gasteiger partial charge in [0.25, 0.3) is 11.6 Å². The number of rotatable bonds is 6. The zero-order valence-corrected chi connectivity index (χ0v) is 11.9. The molecule has 0 unspecified atom stereocenters. The second kappa shape index (κ2) is 6.09. The van der Waals surface area contributed by atoms with Gasteiger partial charge in [0.2, 0.25) is 0 Å². The van der Waals surface area contributed by atoms with Gasteiger partial charge in [0.1, 0.15) is 5.69 Å². The van der Waals surface area contributed by atoms with Crippen molar-refractivity contribution in [1.29, 1.82) is 0 Å². The predicted octanol–water partition coefficient (Wildman–Crippen LogP) is 2.82. The number of carbonyl (C=O) groups is 1. The fraction of sp³-hybridized carbons (Fsp3) is 0.462. The highest BCUT2D eigenvalue weighted by molar-refractivity contribution is 6.34. The van der Waals surface area contributed by atoms with E-state index in [0.29, 0.717) is 6.54 Å². The van der Waals surface area contributed by atoms with Crippen molar-refractivity contribution in [2.45, 2.75) is 19.3 Å². The van der Waals surface area contributed by atoms with Crippen molar-refractivity contribution < 1.29 is 9.72 Å². The van der Waals surface area contributed by atoms with E-state index in [9.17, 15) is 14.9 Å². The van der Waals surface area contributed by atoms with Gasteiger partial charge < -0.3 is 10.6 Å². The number of nitrogens with zero attached hydrogens (tertiary/aromatic N) is 1. The number of amides is 1. The van der Waals surface area contributed by atoms with Crippen LogP contribution in [-0.4, -0.2) is 24.4 Å². The lowest BCUT2D eigenvalue weighted by Gasteiger charge is -2.08. The van der Waals surface area contributed by atoms with E-state index in [1.165, 1.54) is 25.0 Å². The SMILES string of the molecule is CNc1c(Cl)cc(C(=O)NCCC2CC2)cc1[N+](=O)[O-]. The number of nitro benzene ring substituents is 1. The Morgan fingerprint density at radius 2 is 2.20 bits per heavy atom. The number of hydrogen-bond acceptors (Lipinski definition) is 4. The van der Waals surface area contributed by atoms with Gasteiger partial charge in [0.15, 0.2) is 0 Å². The summed E-state index contributed by atoms with van der Waals surface area (Å²) in [6.45, 7) is 0.586. The summed E-state index contributed by atoms with van der Waals surface area (Å²) in [5.41, 5.74) is 0.218. The second-order valence-corrected chi connectivity index (χ2v) is 5.25. The van der Waals surface area contributed by atoms with Crippen molar-refractivity contribution in [2.24, 2.45) is 5.92 Å². The molecule has 2 rings (SSSR count). The molecule has 0 atom stereocenters. The summed E-state index contributed by atoms with van der Waals surface area (Å²) in [4.78, 5) is 22.4. The number of anilines is 1. The van der Waals surface area contributed by atoms with E-state index in [1.807, 2.05) is 0 Å². The van der Waals surface area contributed by atoms with Gasteiger partial charge in [-0.1, -0.05) is 24.4 Å². The highest BCUT2D eigenvalue weighted by atomic mass is 35.5. The molecule has 1 fully saturated rings. The molecular weight excluding hydrogens is 282 g/mol. The summed E-state index contributed by atoms with van der Waals surface area (Å²) >= 11 is 5.97. The molecule has 1 aliphatic carbocycles. The maximum absolute atomic E-state index is 12.0. The van der Waals surface area contributed by atoms with Gasteiger partial charge in [-0.25, -0.2) is 0 Å². The molecule has 0 saturated heterocycles. The van der Waals surface area contributed by atoms with E-state index in [-0.39, 0.29) is 27.9 Å². The van der Waals surface area contributed by atoms with Gasteiger partial charge in [-0.2, -0.15) is 0 Å². The van der Waals surface area contributed by atoms with Gasteiger partial charge in [-0.3, -0.25) is 14.9 Å². The molecule has 7 heteroatoms. The van der Waals surface area contributed by atoms with E-state index in [0.717, 1.165) is 12.3 Å². The molecule has 1 aromatic carbocycles. The van der Waals surface area contributed by atoms with Crippen molar-refractivity contribution in [3.05, 3.63) is 32.8 Å². The maximum Gasteiger partial charge on any atom is 0.294 e. The summed E-state index contributed by atoms with van der Waals surface area (Å²) < 4.78 is 0. The molecule has 0 aliphatic heterocycles. The van der Waals surface area contributed by atoms with Crippen LogP contribution in [0.2, 0.25) is 5.02 Å². The van der Waals surface area contributed by atoms with Gasteiger partial charge in [0.05, 0.1) is 9.95 Å². The standard InChI is InChI=1S/C13H16ClN3O3/c1-15-12-10(14)6-9(7-11(12)17(19)20)13(18)16-5-4-8-2-3-8/h6-8,15H,2-5H2,1H3,(H,16,18). The van der Waals surface area contributed by atoms with Crippen LogP contribution in [0.4, 0.5) is 11.4 Å². The molecule has 20 heavy (non-hydrogen) atoms. The molecular formula is C13H16ClN3O3. The maximum atomic E-state index is 12.0. The molecule has 108 valence electrons. The first kappa shape index (κ1) is 14.6. The van der Waals surface area contributed by atoms with Crippen LogP contribution in [0, 0.1) is 16.0 Å². The van der Waals surface area contributed by atoms with Crippen molar-refractivity contribution in [2.75, 3.05) is 18.9 Å². The van der Waals surface area contributed by atoms with Crippen LogP contribution in [0.15, 0.2) is 12.1 Å². The number of carbonyl (C=O) groups excluding carboxylic acids is 1. The number of benzene rings is 1. The van der Waals surface area contributed by atoms with Gasteiger partial charge in [-0.15, -0.1) is 0 Å². The lowest BCUT2D eigenvalue weighted by Crippen LogP contribution is -2.24. The zero-order valence-electron chi connectivity index (χ0n) is 11.1. The van der Waals surface area contributed by atoms with Crippen molar-refractivity contribution in [3.63, 3.8) is 0 Å². The average Bonchev–Trinajstić information content (AvgIpc) is 3.21. The molecule has 0 radical (unpaired) electrons. The predicted molar refractivity (Wildman–Crippen MR) is 77.3 cm³/mol. The Kier molecular flexibility index (Phi) is 4.44. The molecule has 0 heterocycles. The molecule has 1 saturated carbocycles. The topological polar surface area (TPSA) is 84.3 Å². The van der Waals surface area contributed by atoms with Crippen LogP contribution in [0.25, 0.3) is 0 Å². The first-order valence-electron chi connectivity index (χ1n) is 6.46. The third-order valence-corrected chi connectivity index (χ3v) is 3.61. The molecule has 1 aromatic rings. The Morgan fingerprint density at radius 1 is 1.50 bits per heavy atom. The van der Waals surface area contributed by atoms with E-state index in [4.69, 9.17) is 11.6 Å². The fourth-order valence-electron chi connectivity index (χ4n) is 2.01. The zero-order chi connectivity index (χ0) is 14.7. The molecule has 6 nitrogen and oxygen atoms in total. The van der Waals surface area contributed by atoms with Crippen molar-refractivity contribution >= 4 is 28.9 Å². The van der Waals surface area contributed by atoms with Crippen molar-refractivity contribution in [1.82, 2.24) is 5.32 Å². The third kappa shape index (κ3) is 3.39. The van der Waals surface area contributed by atoms with Crippen LogP contribution < -0.4 is 10.6 Å². The van der Waals surface area contributed by atoms with E-state index in [1.54, 1.807) is 7.05 Å². The van der Waals surface area contributed by atoms with Gasteiger partial charge in [-0.05, 0) is 18.4 Å². The van der Waals surface area contributed by atoms with E-state index >= 15 is 0 Å². The minimum atomic E-state index is -0.557. The van der Waals surface area contributed by atoms with E-state index in [2.05, 4.69) is 10.6 Å². The highest BCUT2D eigenvalue weighted by Gasteiger charge is 2.22. The van der Waals surface area contributed by atoms with E-state index < -0.39 is 4.92 Å². The Balaban J connectivity index is 2.13. The quantitative estimate of drug-likeness (QED) is 0.624. The minimum absolute atomic E-state index is 0.161. The monoisotopic (exact) mass is 297 g/mol. The average molecular weight is 298 g/mol. The largest absolute Gasteiger partial charge is 0.381 e. The second-order valence-electron chi connectivity index (χ2n) is 4.85. The lowest BCUT2D eigenvalue weighted by molar-refractivity contribution is -0.383. The van der Waals surface area contributed by atoms with Gasteiger partial charge >= 0.3 is 0 Å². The number of nitrogens with one attached hydrogen (secondary N) is 2. The first-order chi connectivity index (χ1) is 9.52. The van der Waals surface area contributed by atoms with Crippen LogP contribution in [0.3, 0.4) is 0 Å².